The third-order valence-electron chi connectivity index (χ3n) is 2.29. The Balaban J connectivity index is 3.11. The summed E-state index contributed by atoms with van der Waals surface area (Å²) < 4.78 is 37.8. The fourth-order valence-corrected chi connectivity index (χ4v) is 1.59. The highest BCUT2D eigenvalue weighted by molar-refractivity contribution is 5.32. The Kier molecular flexibility index (Phi) is 3.97. The maximum atomic E-state index is 12.6. The van der Waals surface area contributed by atoms with Crippen LogP contribution >= 0.6 is 0 Å². The van der Waals surface area contributed by atoms with E-state index in [4.69, 9.17) is 0 Å². The highest BCUT2D eigenvalue weighted by atomic mass is 19.4. The molecule has 0 aliphatic carbocycles. The molecule has 0 saturated heterocycles. The quantitative estimate of drug-likeness (QED) is 0.771. The van der Waals surface area contributed by atoms with Crippen molar-refractivity contribution < 1.29 is 13.2 Å². The van der Waals surface area contributed by atoms with E-state index in [1.54, 1.807) is 0 Å². The molecule has 0 unspecified atom stereocenters. The number of nitrogens with zero attached hydrogens (tertiary/aromatic N) is 1. The Morgan fingerprint density at radius 2 is 1.62 bits per heavy atom. The van der Waals surface area contributed by atoms with E-state index < -0.39 is 11.7 Å². The fraction of sp³-hybridized carbons (Fsp3) is 0.500. The highest BCUT2D eigenvalue weighted by Gasteiger charge is 2.30. The molecule has 16 heavy (non-hydrogen) atoms. The van der Waals surface area contributed by atoms with Crippen molar-refractivity contribution in [2.45, 2.75) is 26.1 Å². The molecule has 0 fully saturated rings. The van der Waals surface area contributed by atoms with E-state index in [1.165, 1.54) is 12.1 Å². The largest absolute Gasteiger partial charge is 0.416 e. The van der Waals surface area contributed by atoms with Crippen molar-refractivity contribution >= 4 is 0 Å². The molecule has 1 aromatic rings. The first-order valence-corrected chi connectivity index (χ1v) is 5.17. The summed E-state index contributed by atoms with van der Waals surface area (Å²) in [6.45, 7) is 2.38. The van der Waals surface area contributed by atoms with Gasteiger partial charge in [0.2, 0.25) is 0 Å². The third-order valence-corrected chi connectivity index (χ3v) is 2.29. The van der Waals surface area contributed by atoms with E-state index in [0.717, 1.165) is 5.56 Å². The molecule has 0 amide bonds. The van der Waals surface area contributed by atoms with Crippen molar-refractivity contribution in [3.05, 3.63) is 34.9 Å². The van der Waals surface area contributed by atoms with Crippen LogP contribution in [0, 0.1) is 0 Å². The molecule has 0 radical (unpaired) electrons. The zero-order chi connectivity index (χ0) is 12.3. The number of benzene rings is 1. The van der Waals surface area contributed by atoms with Crippen molar-refractivity contribution in [2.24, 2.45) is 0 Å². The van der Waals surface area contributed by atoms with Crippen molar-refractivity contribution in [3.8, 4) is 0 Å². The Labute approximate surface area is 93.9 Å². The molecule has 0 saturated carbocycles. The van der Waals surface area contributed by atoms with Crippen LogP contribution in [0.5, 0.6) is 0 Å². The average molecular weight is 231 g/mol. The second-order valence-electron chi connectivity index (χ2n) is 4.13. The summed E-state index contributed by atoms with van der Waals surface area (Å²) in [5, 5.41) is 0. The molecular formula is C12H16F3N. The van der Waals surface area contributed by atoms with E-state index in [1.807, 2.05) is 32.0 Å². The second-order valence-corrected chi connectivity index (χ2v) is 4.13. The molecule has 0 bridgehead atoms. The summed E-state index contributed by atoms with van der Waals surface area (Å²) in [5.41, 5.74) is 0.882. The van der Waals surface area contributed by atoms with Crippen LogP contribution < -0.4 is 0 Å². The SMILES string of the molecule is CCc1cc(CN(C)C)cc(C(F)(F)F)c1. The van der Waals surface area contributed by atoms with Gasteiger partial charge < -0.3 is 4.90 Å². The number of alkyl halides is 3. The van der Waals surface area contributed by atoms with E-state index in [0.29, 0.717) is 18.5 Å². The Bertz CT molecular complexity index is 356. The Morgan fingerprint density at radius 3 is 2.06 bits per heavy atom. The summed E-state index contributed by atoms with van der Waals surface area (Å²) in [5.74, 6) is 0. The summed E-state index contributed by atoms with van der Waals surface area (Å²) in [7, 11) is 3.68. The average Bonchev–Trinajstić information content (AvgIpc) is 2.14. The zero-order valence-corrected chi connectivity index (χ0v) is 9.73. The predicted octanol–water partition coefficient (Wildman–Crippen LogP) is 3.33. The number of hydrogen-bond donors (Lipinski definition) is 0. The molecule has 0 aliphatic heterocycles. The van der Waals surface area contributed by atoms with Crippen molar-refractivity contribution in [1.29, 1.82) is 0 Å². The zero-order valence-electron chi connectivity index (χ0n) is 9.73. The van der Waals surface area contributed by atoms with E-state index in [2.05, 4.69) is 0 Å². The number of rotatable bonds is 3. The topological polar surface area (TPSA) is 3.24 Å². The van der Waals surface area contributed by atoms with Gasteiger partial charge in [-0.05, 0) is 43.8 Å². The van der Waals surface area contributed by atoms with Crippen LogP contribution in [0.2, 0.25) is 0 Å². The van der Waals surface area contributed by atoms with Gasteiger partial charge in [0.05, 0.1) is 5.56 Å². The molecule has 0 spiro atoms. The predicted molar refractivity (Wildman–Crippen MR) is 58.2 cm³/mol. The van der Waals surface area contributed by atoms with Crippen molar-refractivity contribution in [1.82, 2.24) is 4.90 Å². The van der Waals surface area contributed by atoms with Crippen LogP contribution in [-0.4, -0.2) is 19.0 Å². The maximum absolute atomic E-state index is 12.6. The van der Waals surface area contributed by atoms with Gasteiger partial charge in [-0.15, -0.1) is 0 Å². The minimum Gasteiger partial charge on any atom is -0.305 e. The first-order chi connectivity index (χ1) is 7.32. The van der Waals surface area contributed by atoms with E-state index in [-0.39, 0.29) is 0 Å². The normalized spacial score (nSPS) is 12.2. The highest BCUT2D eigenvalue weighted by Crippen LogP contribution is 2.31. The summed E-state index contributed by atoms with van der Waals surface area (Å²) in [4.78, 5) is 1.86. The second kappa shape index (κ2) is 4.87. The van der Waals surface area contributed by atoms with Gasteiger partial charge in [-0.25, -0.2) is 0 Å². The lowest BCUT2D eigenvalue weighted by Gasteiger charge is -2.14. The lowest BCUT2D eigenvalue weighted by atomic mass is 10.0. The molecule has 90 valence electrons. The number of aryl methyl sites for hydroxylation is 1. The van der Waals surface area contributed by atoms with E-state index in [9.17, 15) is 13.2 Å². The van der Waals surface area contributed by atoms with Gasteiger partial charge in [0.1, 0.15) is 0 Å². The molecule has 0 atom stereocenters. The van der Waals surface area contributed by atoms with Gasteiger partial charge in [0, 0.05) is 6.54 Å². The molecule has 0 N–H and O–H groups in total. The van der Waals surface area contributed by atoms with Crippen LogP contribution in [-0.2, 0) is 19.1 Å². The number of hydrogen-bond acceptors (Lipinski definition) is 1. The molecule has 0 aliphatic rings. The monoisotopic (exact) mass is 231 g/mol. The molecule has 0 aromatic heterocycles. The van der Waals surface area contributed by atoms with Crippen LogP contribution in [0.4, 0.5) is 13.2 Å². The standard InChI is InChI=1S/C12H16F3N/c1-4-9-5-10(8-16(2)3)7-11(6-9)12(13,14)15/h5-7H,4,8H2,1-3H3. The third kappa shape index (κ3) is 3.52. The van der Waals surface area contributed by atoms with Crippen LogP contribution in [0.1, 0.15) is 23.6 Å². The van der Waals surface area contributed by atoms with Gasteiger partial charge in [-0.1, -0.05) is 13.0 Å². The minimum atomic E-state index is -4.26. The Hall–Kier alpha value is -1.03. The Morgan fingerprint density at radius 1 is 1.06 bits per heavy atom. The van der Waals surface area contributed by atoms with Crippen molar-refractivity contribution in [3.63, 3.8) is 0 Å². The maximum Gasteiger partial charge on any atom is 0.416 e. The molecule has 4 heteroatoms. The molecule has 1 nitrogen and oxygen atoms in total. The first-order valence-electron chi connectivity index (χ1n) is 5.17. The number of halogens is 3. The molecule has 1 rings (SSSR count). The smallest absolute Gasteiger partial charge is 0.305 e. The lowest BCUT2D eigenvalue weighted by molar-refractivity contribution is -0.137. The lowest BCUT2D eigenvalue weighted by Crippen LogP contribution is -2.13. The van der Waals surface area contributed by atoms with Crippen LogP contribution in [0.15, 0.2) is 18.2 Å². The summed E-state index contributed by atoms with van der Waals surface area (Å²) in [6, 6.07) is 4.27. The first kappa shape index (κ1) is 13.0. The summed E-state index contributed by atoms with van der Waals surface area (Å²) >= 11 is 0. The van der Waals surface area contributed by atoms with Crippen molar-refractivity contribution in [2.75, 3.05) is 14.1 Å². The van der Waals surface area contributed by atoms with Crippen LogP contribution in [0.25, 0.3) is 0 Å². The molecular weight excluding hydrogens is 215 g/mol. The van der Waals surface area contributed by atoms with Gasteiger partial charge in [0.25, 0.3) is 0 Å². The summed E-state index contributed by atoms with van der Waals surface area (Å²) in [6.07, 6.45) is -3.64. The molecule has 1 aromatic carbocycles. The van der Waals surface area contributed by atoms with Gasteiger partial charge >= 0.3 is 6.18 Å². The van der Waals surface area contributed by atoms with Crippen LogP contribution in [0.3, 0.4) is 0 Å². The van der Waals surface area contributed by atoms with E-state index >= 15 is 0 Å². The molecule has 0 heterocycles. The van der Waals surface area contributed by atoms with Gasteiger partial charge in [-0.2, -0.15) is 13.2 Å². The fourth-order valence-electron chi connectivity index (χ4n) is 1.59. The van der Waals surface area contributed by atoms with Gasteiger partial charge in [0.15, 0.2) is 0 Å². The van der Waals surface area contributed by atoms with Gasteiger partial charge in [-0.3, -0.25) is 0 Å². The minimum absolute atomic E-state index is 0.525.